The number of aromatic nitrogens is 8. The number of benzene rings is 1. The van der Waals surface area contributed by atoms with Gasteiger partial charge in [0.05, 0.1) is 12.2 Å². The van der Waals surface area contributed by atoms with Crippen LogP contribution in [0, 0.1) is 0 Å². The predicted octanol–water partition coefficient (Wildman–Crippen LogP) is 4.96. The highest BCUT2D eigenvalue weighted by Crippen LogP contribution is 2.31. The number of aryl methyl sites for hydroxylation is 1. The van der Waals surface area contributed by atoms with Crippen LogP contribution >= 0.6 is 0 Å². The number of unbranched alkanes of at least 4 members (excludes halogenated alkanes) is 1. The van der Waals surface area contributed by atoms with Crippen molar-refractivity contribution in [3.63, 3.8) is 0 Å². The first-order chi connectivity index (χ1) is 16.3. The van der Waals surface area contributed by atoms with Gasteiger partial charge in [-0.05, 0) is 36.1 Å². The van der Waals surface area contributed by atoms with Crippen molar-refractivity contribution in [2.75, 3.05) is 0 Å². The lowest BCUT2D eigenvalue weighted by Crippen LogP contribution is -2.09. The second-order valence-electron chi connectivity index (χ2n) is 8.82. The molecule has 0 radical (unpaired) electrons. The molecule has 8 nitrogen and oxygen atoms in total. The van der Waals surface area contributed by atoms with Crippen molar-refractivity contribution in [3.8, 4) is 22.6 Å². The third kappa shape index (κ3) is 4.84. The second kappa shape index (κ2) is 10.0. The van der Waals surface area contributed by atoms with Crippen molar-refractivity contribution in [2.45, 2.75) is 70.8 Å². The highest BCUT2D eigenvalue weighted by atomic mass is 15.5. The van der Waals surface area contributed by atoms with E-state index in [2.05, 4.69) is 44.4 Å². The molecular formula is C25H30N8. The van der Waals surface area contributed by atoms with Gasteiger partial charge in [0, 0.05) is 29.7 Å². The van der Waals surface area contributed by atoms with Gasteiger partial charge in [-0.2, -0.15) is 10.3 Å². The zero-order valence-electron chi connectivity index (χ0n) is 19.1. The Kier molecular flexibility index (Phi) is 6.51. The summed E-state index contributed by atoms with van der Waals surface area (Å²) in [5.41, 5.74) is 3.89. The fourth-order valence-electron chi connectivity index (χ4n) is 4.60. The Bertz CT molecular complexity index is 1160. The van der Waals surface area contributed by atoms with E-state index < -0.39 is 0 Å². The summed E-state index contributed by atoms with van der Waals surface area (Å²) >= 11 is 0. The van der Waals surface area contributed by atoms with Crippen molar-refractivity contribution in [1.82, 2.24) is 40.4 Å². The van der Waals surface area contributed by atoms with Gasteiger partial charge in [0.25, 0.3) is 0 Å². The van der Waals surface area contributed by atoms with Gasteiger partial charge < -0.3 is 0 Å². The van der Waals surface area contributed by atoms with E-state index in [1.54, 1.807) is 0 Å². The summed E-state index contributed by atoms with van der Waals surface area (Å²) in [7, 11) is 0. The van der Waals surface area contributed by atoms with Gasteiger partial charge in [-0.15, -0.1) is 10.2 Å². The van der Waals surface area contributed by atoms with Crippen molar-refractivity contribution >= 4 is 0 Å². The van der Waals surface area contributed by atoms with E-state index in [9.17, 15) is 0 Å². The number of pyridine rings is 1. The first-order valence-corrected chi connectivity index (χ1v) is 12.0. The average Bonchev–Trinajstić information content (AvgIpc) is 3.54. The van der Waals surface area contributed by atoms with E-state index in [0.29, 0.717) is 18.3 Å². The molecule has 1 saturated carbocycles. The molecule has 0 bridgehead atoms. The van der Waals surface area contributed by atoms with Gasteiger partial charge in [-0.1, -0.05) is 62.9 Å². The molecule has 1 aliphatic carbocycles. The third-order valence-corrected chi connectivity index (χ3v) is 6.44. The number of nitrogens with zero attached hydrogens (tertiary/aromatic N) is 7. The van der Waals surface area contributed by atoms with E-state index in [1.165, 1.54) is 32.1 Å². The van der Waals surface area contributed by atoms with Crippen molar-refractivity contribution in [3.05, 3.63) is 59.8 Å². The summed E-state index contributed by atoms with van der Waals surface area (Å²) in [4.78, 5) is 9.74. The Labute approximate surface area is 193 Å². The highest BCUT2D eigenvalue weighted by molar-refractivity contribution is 5.78. The van der Waals surface area contributed by atoms with Crippen LogP contribution in [0.4, 0.5) is 0 Å². The molecular weight excluding hydrogens is 412 g/mol. The van der Waals surface area contributed by atoms with Crippen molar-refractivity contribution in [1.29, 1.82) is 0 Å². The maximum atomic E-state index is 4.98. The Morgan fingerprint density at radius 1 is 1.03 bits per heavy atom. The highest BCUT2D eigenvalue weighted by Gasteiger charge is 2.21. The van der Waals surface area contributed by atoms with Crippen LogP contribution in [0.25, 0.3) is 22.6 Å². The van der Waals surface area contributed by atoms with Crippen molar-refractivity contribution in [2.24, 2.45) is 0 Å². The van der Waals surface area contributed by atoms with E-state index in [0.717, 1.165) is 53.3 Å². The van der Waals surface area contributed by atoms with Gasteiger partial charge in [-0.25, -0.2) is 9.67 Å². The minimum atomic E-state index is 0.516. The fraction of sp³-hybridized carbons (Fsp3) is 0.440. The lowest BCUT2D eigenvalue weighted by Gasteiger charge is -2.18. The zero-order chi connectivity index (χ0) is 22.5. The summed E-state index contributed by atoms with van der Waals surface area (Å²) in [6, 6.07) is 12.2. The number of tetrazole rings is 1. The summed E-state index contributed by atoms with van der Waals surface area (Å²) in [5, 5.41) is 19.4. The van der Waals surface area contributed by atoms with Crippen LogP contribution < -0.4 is 0 Å². The second-order valence-corrected chi connectivity index (χ2v) is 8.82. The third-order valence-electron chi connectivity index (χ3n) is 6.44. The molecule has 0 unspecified atom stereocenters. The molecule has 5 rings (SSSR count). The molecule has 33 heavy (non-hydrogen) atoms. The minimum absolute atomic E-state index is 0.516. The zero-order valence-corrected chi connectivity index (χ0v) is 19.1. The lowest BCUT2D eigenvalue weighted by atomic mass is 9.89. The van der Waals surface area contributed by atoms with E-state index in [4.69, 9.17) is 15.1 Å². The normalized spacial score (nSPS) is 14.6. The van der Waals surface area contributed by atoms with Crippen LogP contribution in [0.3, 0.4) is 0 Å². The van der Waals surface area contributed by atoms with Crippen LogP contribution in [0.1, 0.15) is 75.0 Å². The summed E-state index contributed by atoms with van der Waals surface area (Å²) in [6.45, 7) is 2.91. The maximum Gasteiger partial charge on any atom is 0.205 e. The minimum Gasteiger partial charge on any atom is -0.256 e. The first-order valence-electron chi connectivity index (χ1n) is 12.0. The van der Waals surface area contributed by atoms with Gasteiger partial charge >= 0.3 is 0 Å². The molecule has 0 amide bonds. The Morgan fingerprint density at radius 2 is 1.88 bits per heavy atom. The Balaban J connectivity index is 1.38. The molecule has 1 aliphatic rings. The molecule has 1 N–H and O–H groups in total. The van der Waals surface area contributed by atoms with Gasteiger partial charge in [-0.3, -0.25) is 4.98 Å². The molecule has 8 heteroatoms. The monoisotopic (exact) mass is 442 g/mol. The quantitative estimate of drug-likeness (QED) is 0.414. The molecule has 0 saturated heterocycles. The largest absolute Gasteiger partial charge is 0.256 e. The molecule has 1 fully saturated rings. The number of nitrogens with one attached hydrogen (secondary N) is 1. The molecule has 4 aromatic rings. The fourth-order valence-corrected chi connectivity index (χ4v) is 4.60. The standard InChI is InChI=1S/C25H30N8/c1-2-3-13-23-27-24(19-9-5-4-6-10-19)30-33(23)17-18-14-15-22(26-16-18)20-11-7-8-12-21(20)25-28-31-32-29-25/h7-8,11-12,14-16,19H,2-6,9-10,13,17H2,1H3,(H,28,29,31,32). The molecule has 0 spiro atoms. The van der Waals surface area contributed by atoms with Crippen molar-refractivity contribution < 1.29 is 0 Å². The molecule has 0 aliphatic heterocycles. The Hall–Kier alpha value is -3.42. The van der Waals surface area contributed by atoms with Gasteiger partial charge in [0.15, 0.2) is 5.82 Å². The number of H-pyrrole nitrogens is 1. The van der Waals surface area contributed by atoms with Crippen LogP contribution in [-0.4, -0.2) is 40.4 Å². The topological polar surface area (TPSA) is 98.1 Å². The predicted molar refractivity (Wildman–Crippen MR) is 126 cm³/mol. The number of hydrogen-bond acceptors (Lipinski definition) is 6. The van der Waals surface area contributed by atoms with E-state index >= 15 is 0 Å². The molecule has 3 heterocycles. The van der Waals surface area contributed by atoms with Gasteiger partial charge in [0.2, 0.25) is 5.82 Å². The lowest BCUT2D eigenvalue weighted by molar-refractivity contribution is 0.426. The number of hydrogen-bond donors (Lipinski definition) is 1. The number of rotatable bonds is 8. The molecule has 3 aromatic heterocycles. The first kappa shape index (κ1) is 21.4. The van der Waals surface area contributed by atoms with E-state index in [1.807, 2.05) is 30.5 Å². The number of aromatic amines is 1. The smallest absolute Gasteiger partial charge is 0.205 e. The van der Waals surface area contributed by atoms with Crippen LogP contribution in [0.2, 0.25) is 0 Å². The average molecular weight is 443 g/mol. The van der Waals surface area contributed by atoms with Crippen LogP contribution in [-0.2, 0) is 13.0 Å². The summed E-state index contributed by atoms with van der Waals surface area (Å²) < 4.78 is 2.10. The summed E-state index contributed by atoms with van der Waals surface area (Å²) in [5.74, 6) is 3.22. The molecule has 0 atom stereocenters. The maximum absolute atomic E-state index is 4.98. The van der Waals surface area contributed by atoms with Crippen LogP contribution in [0.5, 0.6) is 0 Å². The Morgan fingerprint density at radius 3 is 2.61 bits per heavy atom. The van der Waals surface area contributed by atoms with E-state index in [-0.39, 0.29) is 0 Å². The molecule has 170 valence electrons. The SMILES string of the molecule is CCCCc1nc(C2CCCCC2)nn1Cc1ccc(-c2ccccc2-c2nn[nH]n2)nc1. The van der Waals surface area contributed by atoms with Gasteiger partial charge in [0.1, 0.15) is 5.82 Å². The molecule has 1 aromatic carbocycles. The van der Waals surface area contributed by atoms with Crippen LogP contribution in [0.15, 0.2) is 42.6 Å². The summed E-state index contributed by atoms with van der Waals surface area (Å²) in [6.07, 6.45) is 11.6.